The van der Waals surface area contributed by atoms with Crippen LogP contribution >= 0.6 is 0 Å². The number of hydrogen-bond acceptors (Lipinski definition) is 4. The van der Waals surface area contributed by atoms with Gasteiger partial charge in [0.2, 0.25) is 17.7 Å². The van der Waals surface area contributed by atoms with Crippen LogP contribution in [-0.2, 0) is 19.2 Å². The van der Waals surface area contributed by atoms with Crippen LogP contribution in [0.15, 0.2) is 0 Å². The Bertz CT molecular complexity index is 569. The van der Waals surface area contributed by atoms with Crippen molar-refractivity contribution in [1.82, 2.24) is 10.2 Å². The third kappa shape index (κ3) is 7.36. The first-order chi connectivity index (χ1) is 13.0. The van der Waals surface area contributed by atoms with Gasteiger partial charge in [0.15, 0.2) is 5.78 Å². The highest BCUT2D eigenvalue weighted by Gasteiger charge is 2.39. The lowest BCUT2D eigenvalue weighted by molar-refractivity contribution is -0.139. The Hall–Kier alpha value is -1.72. The molecular formula is C22H38N2O4. The summed E-state index contributed by atoms with van der Waals surface area (Å²) in [5.74, 6) is 0.180. The second-order valence-corrected chi connectivity index (χ2v) is 9.10. The second-order valence-electron chi connectivity index (χ2n) is 9.10. The summed E-state index contributed by atoms with van der Waals surface area (Å²) in [6.07, 6.45) is 3.30. The molecule has 1 aliphatic heterocycles. The second kappa shape index (κ2) is 11.3. The number of nitrogens with one attached hydrogen (secondary N) is 1. The Morgan fingerprint density at radius 1 is 1.04 bits per heavy atom. The van der Waals surface area contributed by atoms with Gasteiger partial charge < -0.3 is 5.32 Å². The normalized spacial score (nSPS) is 18.5. The Morgan fingerprint density at radius 3 is 2.18 bits per heavy atom. The fraction of sp³-hybridized carbons (Fsp3) is 0.818. The van der Waals surface area contributed by atoms with Crippen molar-refractivity contribution in [3.8, 4) is 0 Å². The van der Waals surface area contributed by atoms with Crippen LogP contribution in [0.25, 0.3) is 0 Å². The van der Waals surface area contributed by atoms with Crippen molar-refractivity contribution in [2.24, 2.45) is 23.7 Å². The number of imide groups is 1. The Morgan fingerprint density at radius 2 is 1.68 bits per heavy atom. The van der Waals surface area contributed by atoms with E-state index in [1.54, 1.807) is 0 Å². The molecule has 6 nitrogen and oxygen atoms in total. The minimum atomic E-state index is -0.428. The molecule has 1 N–H and O–H groups in total. The van der Waals surface area contributed by atoms with Gasteiger partial charge in [0.05, 0.1) is 6.04 Å². The molecule has 1 aliphatic rings. The third-order valence-electron chi connectivity index (χ3n) is 5.31. The highest BCUT2D eigenvalue weighted by molar-refractivity contribution is 6.03. The summed E-state index contributed by atoms with van der Waals surface area (Å²) in [6, 6.07) is -0.428. The van der Waals surface area contributed by atoms with E-state index < -0.39 is 6.04 Å². The molecule has 0 spiro atoms. The number of unbranched alkanes of at least 4 members (excludes halogenated alkanes) is 2. The van der Waals surface area contributed by atoms with Crippen molar-refractivity contribution in [2.75, 3.05) is 6.54 Å². The summed E-state index contributed by atoms with van der Waals surface area (Å²) in [5.41, 5.74) is 0. The van der Waals surface area contributed by atoms with E-state index in [0.717, 1.165) is 6.42 Å². The molecule has 1 heterocycles. The molecule has 1 rings (SSSR count). The smallest absolute Gasteiger partial charge is 0.233 e. The van der Waals surface area contributed by atoms with Gasteiger partial charge in [-0.1, -0.05) is 48.0 Å². The highest BCUT2D eigenvalue weighted by atomic mass is 16.2. The van der Waals surface area contributed by atoms with E-state index in [0.29, 0.717) is 38.6 Å². The fourth-order valence-corrected chi connectivity index (χ4v) is 3.59. The predicted octanol–water partition coefficient (Wildman–Crippen LogP) is 3.33. The molecule has 1 saturated heterocycles. The lowest BCUT2D eigenvalue weighted by Gasteiger charge is -2.22. The van der Waals surface area contributed by atoms with Crippen LogP contribution in [0, 0.1) is 23.7 Å². The number of Topliss-reactive ketones (excluding diaryl/α,β-unsaturated/α-hetero) is 1. The van der Waals surface area contributed by atoms with Gasteiger partial charge in [-0.2, -0.15) is 0 Å². The summed E-state index contributed by atoms with van der Waals surface area (Å²) in [7, 11) is 0. The van der Waals surface area contributed by atoms with Crippen LogP contribution in [0.4, 0.5) is 0 Å². The first-order valence-electron chi connectivity index (χ1n) is 10.7. The van der Waals surface area contributed by atoms with E-state index in [4.69, 9.17) is 0 Å². The van der Waals surface area contributed by atoms with Crippen molar-refractivity contribution >= 4 is 23.5 Å². The zero-order valence-electron chi connectivity index (χ0n) is 18.4. The van der Waals surface area contributed by atoms with Crippen LogP contribution in [0.1, 0.15) is 80.1 Å². The van der Waals surface area contributed by atoms with Gasteiger partial charge in [-0.15, -0.1) is 0 Å². The maximum absolute atomic E-state index is 12.3. The molecule has 0 saturated carbocycles. The first-order valence-corrected chi connectivity index (χ1v) is 10.7. The minimum Gasteiger partial charge on any atom is -0.346 e. The first kappa shape index (κ1) is 24.3. The summed E-state index contributed by atoms with van der Waals surface area (Å²) < 4.78 is 0. The van der Waals surface area contributed by atoms with E-state index >= 15 is 0 Å². The van der Waals surface area contributed by atoms with Gasteiger partial charge in [0.25, 0.3) is 0 Å². The molecule has 2 atom stereocenters. The molecule has 0 aliphatic carbocycles. The molecule has 1 unspecified atom stereocenters. The number of likely N-dealkylation sites (tertiary alicyclic amines) is 1. The van der Waals surface area contributed by atoms with Crippen molar-refractivity contribution in [3.05, 3.63) is 0 Å². The number of rotatable bonds is 12. The maximum atomic E-state index is 12.3. The van der Waals surface area contributed by atoms with Crippen LogP contribution in [0.2, 0.25) is 0 Å². The molecule has 160 valence electrons. The van der Waals surface area contributed by atoms with Gasteiger partial charge in [-0.25, -0.2) is 0 Å². The molecule has 1 fully saturated rings. The van der Waals surface area contributed by atoms with E-state index in [-0.39, 0.29) is 47.2 Å². The van der Waals surface area contributed by atoms with E-state index in [1.807, 2.05) is 41.5 Å². The average molecular weight is 395 g/mol. The molecule has 0 radical (unpaired) electrons. The number of nitrogens with zero attached hydrogens (tertiary/aromatic N) is 1. The SMILES string of the molecule is CC(C)CC(=O)[C@@H](NC(=O)CCCCCN1C(=O)CC(C(C)C)C1=O)C(C)C. The van der Waals surface area contributed by atoms with Gasteiger partial charge >= 0.3 is 0 Å². The zero-order valence-corrected chi connectivity index (χ0v) is 18.4. The molecular weight excluding hydrogens is 356 g/mol. The van der Waals surface area contributed by atoms with Crippen LogP contribution in [0.3, 0.4) is 0 Å². The minimum absolute atomic E-state index is 0.0545. The Labute approximate surface area is 169 Å². The summed E-state index contributed by atoms with van der Waals surface area (Å²) in [6.45, 7) is 12.2. The molecule has 28 heavy (non-hydrogen) atoms. The number of carbonyl (C=O) groups excluding carboxylic acids is 4. The molecule has 0 aromatic heterocycles. The molecule has 0 aromatic carbocycles. The zero-order chi connectivity index (χ0) is 21.4. The van der Waals surface area contributed by atoms with E-state index in [2.05, 4.69) is 5.32 Å². The molecule has 3 amide bonds. The van der Waals surface area contributed by atoms with Crippen LogP contribution in [-0.4, -0.2) is 41.0 Å². The monoisotopic (exact) mass is 394 g/mol. The van der Waals surface area contributed by atoms with E-state index in [9.17, 15) is 19.2 Å². The maximum Gasteiger partial charge on any atom is 0.233 e. The molecule has 0 aromatic rings. The van der Waals surface area contributed by atoms with Gasteiger partial charge in [0, 0.05) is 31.7 Å². The number of ketones is 1. The number of carbonyl (C=O) groups is 4. The lowest BCUT2D eigenvalue weighted by Crippen LogP contribution is -2.44. The van der Waals surface area contributed by atoms with Gasteiger partial charge in [-0.3, -0.25) is 24.1 Å². The van der Waals surface area contributed by atoms with Gasteiger partial charge in [0.1, 0.15) is 0 Å². The Balaban J connectivity index is 2.33. The van der Waals surface area contributed by atoms with Crippen LogP contribution < -0.4 is 5.32 Å². The quantitative estimate of drug-likeness (QED) is 0.406. The third-order valence-corrected chi connectivity index (χ3v) is 5.31. The lowest BCUT2D eigenvalue weighted by atomic mass is 9.94. The van der Waals surface area contributed by atoms with Crippen molar-refractivity contribution in [3.63, 3.8) is 0 Å². The Kier molecular flexibility index (Phi) is 9.83. The average Bonchev–Trinajstić information content (AvgIpc) is 2.86. The highest BCUT2D eigenvalue weighted by Crippen LogP contribution is 2.26. The van der Waals surface area contributed by atoms with E-state index in [1.165, 1.54) is 4.90 Å². The summed E-state index contributed by atoms with van der Waals surface area (Å²) in [5, 5.41) is 2.88. The van der Waals surface area contributed by atoms with Crippen molar-refractivity contribution in [1.29, 1.82) is 0 Å². The van der Waals surface area contributed by atoms with Crippen molar-refractivity contribution < 1.29 is 19.2 Å². The topological polar surface area (TPSA) is 83.6 Å². The standard InChI is InChI=1S/C22H38N2O4/c1-14(2)12-18(25)21(16(5)6)23-19(26)10-8-7-9-11-24-20(27)13-17(15(3)4)22(24)28/h14-17,21H,7-13H2,1-6H3,(H,23,26)/t17?,21-/m0/s1. The molecule has 0 bridgehead atoms. The predicted molar refractivity (Wildman–Crippen MR) is 109 cm³/mol. The fourth-order valence-electron chi connectivity index (χ4n) is 3.59. The summed E-state index contributed by atoms with van der Waals surface area (Å²) >= 11 is 0. The number of amides is 3. The molecule has 6 heteroatoms. The largest absolute Gasteiger partial charge is 0.346 e. The number of hydrogen-bond donors (Lipinski definition) is 1. The van der Waals surface area contributed by atoms with Crippen LogP contribution in [0.5, 0.6) is 0 Å². The summed E-state index contributed by atoms with van der Waals surface area (Å²) in [4.78, 5) is 50.2. The van der Waals surface area contributed by atoms with Gasteiger partial charge in [-0.05, 0) is 30.6 Å². The van der Waals surface area contributed by atoms with Crippen molar-refractivity contribution in [2.45, 2.75) is 86.1 Å².